The van der Waals surface area contributed by atoms with Crippen molar-refractivity contribution in [2.75, 3.05) is 19.9 Å². The molecule has 2 aliphatic heterocycles. The zero-order valence-electron chi connectivity index (χ0n) is 15.5. The van der Waals surface area contributed by atoms with E-state index in [1.165, 1.54) is 19.3 Å². The summed E-state index contributed by atoms with van der Waals surface area (Å²) < 4.78 is 13.1. The van der Waals surface area contributed by atoms with Crippen molar-refractivity contribution >= 4 is 5.91 Å². The smallest absolute Gasteiger partial charge is 0.254 e. The molecule has 6 heteroatoms. The summed E-state index contributed by atoms with van der Waals surface area (Å²) in [7, 11) is 0. The highest BCUT2D eigenvalue weighted by Crippen LogP contribution is 2.34. The Labute approximate surface area is 159 Å². The number of fused-ring (bicyclic) bond motifs is 1. The van der Waals surface area contributed by atoms with Gasteiger partial charge in [-0.2, -0.15) is 0 Å². The van der Waals surface area contributed by atoms with Gasteiger partial charge in [0.25, 0.3) is 5.91 Å². The normalized spacial score (nSPS) is 21.9. The molecule has 3 aliphatic rings. The van der Waals surface area contributed by atoms with Crippen LogP contribution in [0.15, 0.2) is 30.6 Å². The molecule has 1 aromatic heterocycles. The van der Waals surface area contributed by atoms with Gasteiger partial charge in [0.2, 0.25) is 6.79 Å². The minimum absolute atomic E-state index is 0.0649. The highest BCUT2D eigenvalue weighted by molar-refractivity contribution is 5.95. The van der Waals surface area contributed by atoms with E-state index in [4.69, 9.17) is 9.47 Å². The number of likely N-dealkylation sites (tertiary alicyclic amines) is 1. The van der Waals surface area contributed by atoms with Gasteiger partial charge < -0.3 is 18.9 Å². The summed E-state index contributed by atoms with van der Waals surface area (Å²) in [5.41, 5.74) is 0.665. The van der Waals surface area contributed by atoms with Crippen molar-refractivity contribution in [3.63, 3.8) is 0 Å². The van der Waals surface area contributed by atoms with Crippen molar-refractivity contribution in [1.82, 2.24) is 14.5 Å². The average Bonchev–Trinajstić information content (AvgIpc) is 3.32. The van der Waals surface area contributed by atoms with E-state index in [1.807, 2.05) is 23.2 Å². The molecule has 3 heterocycles. The second-order valence-electron chi connectivity index (χ2n) is 7.89. The minimum atomic E-state index is 0.0649. The van der Waals surface area contributed by atoms with Crippen LogP contribution < -0.4 is 9.47 Å². The number of piperidine rings is 1. The molecule has 142 valence electrons. The van der Waals surface area contributed by atoms with Crippen molar-refractivity contribution in [2.45, 2.75) is 44.6 Å². The van der Waals surface area contributed by atoms with Crippen LogP contribution >= 0.6 is 0 Å². The predicted molar refractivity (Wildman–Crippen MR) is 100 cm³/mol. The van der Waals surface area contributed by atoms with Crippen molar-refractivity contribution < 1.29 is 14.3 Å². The first-order chi connectivity index (χ1) is 13.3. The van der Waals surface area contributed by atoms with Gasteiger partial charge in [-0.25, -0.2) is 4.98 Å². The molecule has 2 aromatic rings. The van der Waals surface area contributed by atoms with Crippen LogP contribution in [0.3, 0.4) is 0 Å². The van der Waals surface area contributed by atoms with Gasteiger partial charge in [0.05, 0.1) is 0 Å². The van der Waals surface area contributed by atoms with E-state index in [0.29, 0.717) is 23.0 Å². The molecular weight excluding hydrogens is 342 g/mol. The first-order valence-corrected chi connectivity index (χ1v) is 9.98. The maximum Gasteiger partial charge on any atom is 0.254 e. The van der Waals surface area contributed by atoms with Gasteiger partial charge in [0.15, 0.2) is 11.5 Å². The lowest BCUT2D eigenvalue weighted by atomic mass is 9.85. The van der Waals surface area contributed by atoms with Crippen LogP contribution in [-0.2, 0) is 6.54 Å². The van der Waals surface area contributed by atoms with Gasteiger partial charge >= 0.3 is 0 Å². The van der Waals surface area contributed by atoms with Crippen LogP contribution in [0.4, 0.5) is 0 Å². The van der Waals surface area contributed by atoms with E-state index >= 15 is 0 Å². The Kier molecular flexibility index (Phi) is 4.26. The molecule has 1 saturated carbocycles. The Balaban J connectivity index is 1.31. The molecule has 0 unspecified atom stereocenters. The van der Waals surface area contributed by atoms with Crippen molar-refractivity contribution in [2.24, 2.45) is 5.92 Å². The summed E-state index contributed by atoms with van der Waals surface area (Å²) in [4.78, 5) is 19.7. The van der Waals surface area contributed by atoms with Gasteiger partial charge in [-0.1, -0.05) is 6.42 Å². The quantitative estimate of drug-likeness (QED) is 0.831. The van der Waals surface area contributed by atoms with E-state index in [2.05, 4.69) is 15.7 Å². The number of carbonyl (C=O) groups excluding carboxylic acids is 1. The number of imidazole rings is 1. The summed E-state index contributed by atoms with van der Waals surface area (Å²) >= 11 is 0. The third-order valence-corrected chi connectivity index (χ3v) is 6.12. The highest BCUT2D eigenvalue weighted by Gasteiger charge is 2.29. The molecule has 1 saturated heterocycles. The molecule has 5 rings (SSSR count). The SMILES string of the molecule is O=C(c1ccc2c(c1)OCO2)N1CCC[C@H](c2nccn2CC2CCC2)C1. The maximum atomic E-state index is 13.0. The van der Waals surface area contributed by atoms with Crippen LogP contribution in [0.2, 0.25) is 0 Å². The van der Waals surface area contributed by atoms with Crippen LogP contribution in [0.5, 0.6) is 11.5 Å². The molecule has 0 radical (unpaired) electrons. The maximum absolute atomic E-state index is 13.0. The van der Waals surface area contributed by atoms with Gasteiger partial charge in [-0.05, 0) is 49.8 Å². The number of amides is 1. The molecule has 2 fully saturated rings. The molecular formula is C21H25N3O3. The summed E-state index contributed by atoms with van der Waals surface area (Å²) in [5.74, 6) is 3.69. The number of benzene rings is 1. The molecule has 1 amide bonds. The molecule has 0 N–H and O–H groups in total. The van der Waals surface area contributed by atoms with E-state index in [9.17, 15) is 4.79 Å². The monoisotopic (exact) mass is 367 g/mol. The Bertz CT molecular complexity index is 843. The summed E-state index contributed by atoms with van der Waals surface area (Å²) in [6.45, 7) is 2.83. The fourth-order valence-corrected chi connectivity index (χ4v) is 4.37. The van der Waals surface area contributed by atoms with Crippen molar-refractivity contribution in [3.05, 3.63) is 42.0 Å². The summed E-state index contributed by atoms with van der Waals surface area (Å²) in [6.07, 6.45) is 10.1. The molecule has 1 atom stereocenters. The average molecular weight is 367 g/mol. The van der Waals surface area contributed by atoms with Gasteiger partial charge in [-0.3, -0.25) is 4.79 Å². The standard InChI is InChI=1S/C21H25N3O3/c25-21(16-6-7-18-19(11-16)27-14-26-18)24-9-2-5-17(13-24)20-22-8-10-23(20)12-15-3-1-4-15/h6-8,10-11,15,17H,1-5,9,12-14H2/t17-/m0/s1. The second kappa shape index (κ2) is 6.91. The first kappa shape index (κ1) is 16.7. The third kappa shape index (κ3) is 3.17. The lowest BCUT2D eigenvalue weighted by Crippen LogP contribution is -2.40. The molecule has 1 aliphatic carbocycles. The third-order valence-electron chi connectivity index (χ3n) is 6.12. The topological polar surface area (TPSA) is 56.6 Å². The second-order valence-corrected chi connectivity index (χ2v) is 7.89. The molecule has 0 bridgehead atoms. The molecule has 1 aromatic carbocycles. The Morgan fingerprint density at radius 3 is 2.89 bits per heavy atom. The van der Waals surface area contributed by atoms with Crippen LogP contribution in [0.25, 0.3) is 0 Å². The van der Waals surface area contributed by atoms with Crippen LogP contribution in [-0.4, -0.2) is 40.2 Å². The van der Waals surface area contributed by atoms with Gasteiger partial charge in [-0.15, -0.1) is 0 Å². The molecule has 0 spiro atoms. The number of hydrogen-bond acceptors (Lipinski definition) is 4. The predicted octanol–water partition coefficient (Wildman–Crippen LogP) is 3.43. The first-order valence-electron chi connectivity index (χ1n) is 9.98. The van der Waals surface area contributed by atoms with E-state index in [1.54, 1.807) is 6.07 Å². The Morgan fingerprint density at radius 2 is 2.04 bits per heavy atom. The zero-order valence-corrected chi connectivity index (χ0v) is 15.5. The summed E-state index contributed by atoms with van der Waals surface area (Å²) in [6, 6.07) is 5.45. The fraction of sp³-hybridized carbons (Fsp3) is 0.524. The lowest BCUT2D eigenvalue weighted by molar-refractivity contribution is 0.0702. The largest absolute Gasteiger partial charge is 0.454 e. The number of aromatic nitrogens is 2. The fourth-order valence-electron chi connectivity index (χ4n) is 4.37. The summed E-state index contributed by atoms with van der Waals surface area (Å²) in [5, 5.41) is 0. The molecule has 6 nitrogen and oxygen atoms in total. The molecule has 27 heavy (non-hydrogen) atoms. The Hall–Kier alpha value is -2.50. The van der Waals surface area contributed by atoms with E-state index in [0.717, 1.165) is 44.2 Å². The van der Waals surface area contributed by atoms with Crippen molar-refractivity contribution in [3.8, 4) is 11.5 Å². The number of carbonyl (C=O) groups is 1. The minimum Gasteiger partial charge on any atom is -0.454 e. The zero-order chi connectivity index (χ0) is 18.2. The van der Waals surface area contributed by atoms with Gasteiger partial charge in [0.1, 0.15) is 5.82 Å². The van der Waals surface area contributed by atoms with Crippen molar-refractivity contribution in [1.29, 1.82) is 0 Å². The van der Waals surface area contributed by atoms with Crippen LogP contribution in [0, 0.1) is 5.92 Å². The van der Waals surface area contributed by atoms with Gasteiger partial charge in [0, 0.05) is 43.5 Å². The number of rotatable bonds is 4. The number of nitrogens with zero attached hydrogens (tertiary/aromatic N) is 3. The number of hydrogen-bond donors (Lipinski definition) is 0. The number of ether oxygens (including phenoxy) is 2. The lowest BCUT2D eigenvalue weighted by Gasteiger charge is -2.33. The van der Waals surface area contributed by atoms with E-state index < -0.39 is 0 Å². The van der Waals surface area contributed by atoms with Crippen LogP contribution in [0.1, 0.15) is 54.2 Å². The Morgan fingerprint density at radius 1 is 1.15 bits per heavy atom. The highest BCUT2D eigenvalue weighted by atomic mass is 16.7. The van der Waals surface area contributed by atoms with E-state index in [-0.39, 0.29) is 12.7 Å².